The number of nitrogens with one attached hydrogen (secondary N) is 2. The van der Waals surface area contributed by atoms with E-state index in [2.05, 4.69) is 10.6 Å². The quantitative estimate of drug-likeness (QED) is 0.652. The number of rotatable bonds is 6. The van der Waals surface area contributed by atoms with Crippen LogP contribution < -0.4 is 15.4 Å². The lowest BCUT2D eigenvalue weighted by molar-refractivity contribution is -0.117. The summed E-state index contributed by atoms with van der Waals surface area (Å²) in [5, 5.41) is 6.11. The molecule has 5 heteroatoms. The number of hydrogen-bond acceptors (Lipinski definition) is 3. The monoisotopic (exact) mass is 364 g/mol. The van der Waals surface area contributed by atoms with Gasteiger partial charge in [-0.05, 0) is 54.4 Å². The van der Waals surface area contributed by atoms with Crippen molar-refractivity contribution in [1.82, 2.24) is 0 Å². The van der Waals surface area contributed by atoms with Gasteiger partial charge >= 0.3 is 0 Å². The Balaban J connectivity index is 1.91. The number of anilines is 2. The lowest BCUT2D eigenvalue weighted by atomic mass is 10.0. The van der Waals surface area contributed by atoms with Crippen LogP contribution in [0.2, 0.25) is 0 Å². The number of carbonyl (C=O) groups excluding carboxylic acids is 1. The first-order valence-electron chi connectivity index (χ1n) is 8.59. The van der Waals surface area contributed by atoms with Crippen molar-refractivity contribution >= 4 is 17.3 Å². The summed E-state index contributed by atoms with van der Waals surface area (Å²) in [5.74, 6) is 0.0442. The van der Waals surface area contributed by atoms with E-state index in [9.17, 15) is 9.18 Å². The minimum absolute atomic E-state index is 0.253. The predicted octanol–water partition coefficient (Wildman–Crippen LogP) is 4.93. The Morgan fingerprint density at radius 3 is 2.37 bits per heavy atom. The summed E-state index contributed by atoms with van der Waals surface area (Å²) < 4.78 is 18.5. The molecule has 2 N–H and O–H groups in total. The fourth-order valence-electron chi connectivity index (χ4n) is 2.78. The smallest absolute Gasteiger partial charge is 0.251 e. The molecular formula is C22H21FN2O2. The third-order valence-corrected chi connectivity index (χ3v) is 4.16. The summed E-state index contributed by atoms with van der Waals surface area (Å²) in [6.07, 6.45) is 0. The molecule has 0 aliphatic carbocycles. The van der Waals surface area contributed by atoms with Gasteiger partial charge in [-0.25, -0.2) is 4.39 Å². The van der Waals surface area contributed by atoms with Crippen LogP contribution in [-0.2, 0) is 4.79 Å². The molecule has 1 amide bonds. The molecule has 138 valence electrons. The zero-order valence-corrected chi connectivity index (χ0v) is 15.2. The molecule has 0 saturated carbocycles. The van der Waals surface area contributed by atoms with E-state index in [4.69, 9.17) is 4.74 Å². The van der Waals surface area contributed by atoms with Gasteiger partial charge < -0.3 is 15.4 Å². The summed E-state index contributed by atoms with van der Waals surface area (Å²) in [6, 6.07) is 20.2. The first-order valence-corrected chi connectivity index (χ1v) is 8.59. The molecule has 3 aromatic rings. The molecule has 27 heavy (non-hydrogen) atoms. The molecule has 0 aromatic heterocycles. The van der Waals surface area contributed by atoms with E-state index >= 15 is 0 Å². The predicted molar refractivity (Wildman–Crippen MR) is 106 cm³/mol. The van der Waals surface area contributed by atoms with Crippen LogP contribution in [0.25, 0.3) is 0 Å². The SMILES string of the molecule is COc1ccc(C)cc1N[C@@H](C(=O)Nc1ccc(F)cc1)c1ccccc1. The zero-order valence-electron chi connectivity index (χ0n) is 15.2. The maximum Gasteiger partial charge on any atom is 0.251 e. The van der Waals surface area contributed by atoms with Crippen LogP contribution in [0, 0.1) is 12.7 Å². The van der Waals surface area contributed by atoms with Gasteiger partial charge in [-0.1, -0.05) is 36.4 Å². The highest BCUT2D eigenvalue weighted by atomic mass is 19.1. The van der Waals surface area contributed by atoms with Crippen LogP contribution in [0.3, 0.4) is 0 Å². The highest BCUT2D eigenvalue weighted by Gasteiger charge is 2.22. The van der Waals surface area contributed by atoms with Crippen LogP contribution in [0.5, 0.6) is 5.75 Å². The molecule has 0 spiro atoms. The second-order valence-electron chi connectivity index (χ2n) is 6.19. The molecule has 0 radical (unpaired) electrons. The average Bonchev–Trinajstić information content (AvgIpc) is 2.68. The van der Waals surface area contributed by atoms with Crippen LogP contribution in [0.1, 0.15) is 17.2 Å². The highest BCUT2D eigenvalue weighted by Crippen LogP contribution is 2.30. The molecule has 3 rings (SSSR count). The van der Waals surface area contributed by atoms with Gasteiger partial charge in [0.05, 0.1) is 12.8 Å². The maximum atomic E-state index is 13.1. The zero-order chi connectivity index (χ0) is 19.2. The average molecular weight is 364 g/mol. The molecule has 0 fully saturated rings. The normalized spacial score (nSPS) is 11.5. The van der Waals surface area contributed by atoms with Crippen molar-refractivity contribution < 1.29 is 13.9 Å². The minimum atomic E-state index is -0.646. The Kier molecular flexibility index (Phi) is 5.71. The van der Waals surface area contributed by atoms with Gasteiger partial charge in [-0.3, -0.25) is 4.79 Å². The van der Waals surface area contributed by atoms with Gasteiger partial charge in [0.1, 0.15) is 17.6 Å². The third kappa shape index (κ3) is 4.64. The van der Waals surface area contributed by atoms with E-state index in [1.54, 1.807) is 7.11 Å². The van der Waals surface area contributed by atoms with E-state index in [-0.39, 0.29) is 11.7 Å². The van der Waals surface area contributed by atoms with Gasteiger partial charge in [-0.2, -0.15) is 0 Å². The molecule has 1 atom stereocenters. The van der Waals surface area contributed by atoms with Crippen LogP contribution in [0.4, 0.5) is 15.8 Å². The number of carbonyl (C=O) groups is 1. The Morgan fingerprint density at radius 1 is 1.00 bits per heavy atom. The molecule has 0 aliphatic rings. The molecular weight excluding hydrogens is 343 g/mol. The summed E-state index contributed by atoms with van der Waals surface area (Å²) in [6.45, 7) is 1.97. The van der Waals surface area contributed by atoms with Crippen LogP contribution in [0.15, 0.2) is 72.8 Å². The highest BCUT2D eigenvalue weighted by molar-refractivity contribution is 5.97. The molecule has 0 bridgehead atoms. The summed E-state index contributed by atoms with van der Waals surface area (Å²) in [4.78, 5) is 13.0. The lowest BCUT2D eigenvalue weighted by Crippen LogP contribution is -2.27. The van der Waals surface area contributed by atoms with Crippen LogP contribution >= 0.6 is 0 Å². The Labute approximate surface area is 158 Å². The summed E-state index contributed by atoms with van der Waals surface area (Å²) in [5.41, 5.74) is 3.10. The number of hydrogen-bond donors (Lipinski definition) is 2. The molecule has 0 aliphatic heterocycles. The molecule has 0 unspecified atom stereocenters. The fourth-order valence-corrected chi connectivity index (χ4v) is 2.78. The maximum absolute atomic E-state index is 13.1. The minimum Gasteiger partial charge on any atom is -0.495 e. The van der Waals surface area contributed by atoms with Crippen molar-refractivity contribution in [3.8, 4) is 5.75 Å². The molecule has 0 saturated heterocycles. The number of ether oxygens (including phenoxy) is 1. The van der Waals surface area contributed by atoms with E-state index in [1.165, 1.54) is 24.3 Å². The van der Waals surface area contributed by atoms with Gasteiger partial charge in [0.15, 0.2) is 0 Å². The van der Waals surface area contributed by atoms with Gasteiger partial charge in [0.2, 0.25) is 0 Å². The first-order chi connectivity index (χ1) is 13.1. The Hall–Kier alpha value is -3.34. The second-order valence-corrected chi connectivity index (χ2v) is 6.19. The van der Waals surface area contributed by atoms with E-state index in [0.717, 1.165) is 16.8 Å². The molecule has 3 aromatic carbocycles. The summed E-state index contributed by atoms with van der Waals surface area (Å²) in [7, 11) is 1.59. The van der Waals surface area contributed by atoms with Crippen molar-refractivity contribution in [3.63, 3.8) is 0 Å². The van der Waals surface area contributed by atoms with Crippen molar-refractivity contribution in [3.05, 3.63) is 89.7 Å². The Morgan fingerprint density at radius 2 is 1.70 bits per heavy atom. The van der Waals surface area contributed by atoms with Crippen LogP contribution in [-0.4, -0.2) is 13.0 Å². The van der Waals surface area contributed by atoms with E-state index in [0.29, 0.717) is 11.4 Å². The number of amides is 1. The van der Waals surface area contributed by atoms with E-state index < -0.39 is 6.04 Å². The topological polar surface area (TPSA) is 50.4 Å². The Bertz CT molecular complexity index is 911. The largest absolute Gasteiger partial charge is 0.495 e. The molecule has 4 nitrogen and oxygen atoms in total. The number of aryl methyl sites for hydroxylation is 1. The fraction of sp³-hybridized carbons (Fsp3) is 0.136. The van der Waals surface area contributed by atoms with E-state index in [1.807, 2.05) is 55.5 Å². The third-order valence-electron chi connectivity index (χ3n) is 4.16. The van der Waals surface area contributed by atoms with Crippen molar-refractivity contribution in [2.75, 3.05) is 17.7 Å². The van der Waals surface area contributed by atoms with Gasteiger partial charge in [0, 0.05) is 5.69 Å². The van der Waals surface area contributed by atoms with Crippen molar-refractivity contribution in [2.45, 2.75) is 13.0 Å². The number of benzene rings is 3. The first kappa shape index (κ1) is 18.5. The standard InChI is InChI=1S/C22H21FN2O2/c1-15-8-13-20(27-2)19(14-15)25-21(16-6-4-3-5-7-16)22(26)24-18-11-9-17(23)10-12-18/h3-14,21,25H,1-2H3,(H,24,26)/t21-/m1/s1. The van der Waals surface area contributed by atoms with Gasteiger partial charge in [0.25, 0.3) is 5.91 Å². The number of methoxy groups -OCH3 is 1. The number of halogens is 1. The summed E-state index contributed by atoms with van der Waals surface area (Å²) >= 11 is 0. The van der Waals surface area contributed by atoms with Gasteiger partial charge in [-0.15, -0.1) is 0 Å². The second kappa shape index (κ2) is 8.36. The van der Waals surface area contributed by atoms with Crippen molar-refractivity contribution in [2.24, 2.45) is 0 Å². The molecule has 0 heterocycles. The lowest BCUT2D eigenvalue weighted by Gasteiger charge is -2.22. The van der Waals surface area contributed by atoms with Crippen molar-refractivity contribution in [1.29, 1.82) is 0 Å².